The highest BCUT2D eigenvalue weighted by Crippen LogP contribution is 2.44. The first kappa shape index (κ1) is 22.7. The van der Waals surface area contributed by atoms with E-state index in [4.69, 9.17) is 9.84 Å². The van der Waals surface area contributed by atoms with Gasteiger partial charge in [0.2, 0.25) is 6.43 Å². The molecule has 1 unspecified atom stereocenters. The fourth-order valence-electron chi connectivity index (χ4n) is 3.48. The van der Waals surface area contributed by atoms with Gasteiger partial charge in [-0.25, -0.2) is 18.4 Å². The van der Waals surface area contributed by atoms with Crippen molar-refractivity contribution in [3.8, 4) is 23.0 Å². The molecule has 2 aromatic rings. The number of carbonyl (C=O) groups is 3. The van der Waals surface area contributed by atoms with Crippen molar-refractivity contribution in [3.63, 3.8) is 0 Å². The normalized spacial score (nSPS) is 12.7. The summed E-state index contributed by atoms with van der Waals surface area (Å²) in [5, 5.41) is 13.1. The summed E-state index contributed by atoms with van der Waals surface area (Å²) in [6.45, 7) is -0.127. The number of ether oxygens (including phenoxy) is 1. The fraction of sp³-hybridized carbons (Fsp3) is 0.261. The van der Waals surface area contributed by atoms with Crippen molar-refractivity contribution >= 4 is 18.0 Å². The first-order chi connectivity index (χ1) is 15.4. The van der Waals surface area contributed by atoms with Crippen LogP contribution in [0.5, 0.6) is 0 Å². The van der Waals surface area contributed by atoms with Crippen LogP contribution in [0.3, 0.4) is 0 Å². The SMILES string of the molecule is O=C(C#CCNC(=O)OCC1c2ccccc2-c2ccccc21)NC(CC(F)F)C(=O)O. The predicted octanol–water partition coefficient (Wildman–Crippen LogP) is 2.75. The van der Waals surface area contributed by atoms with Crippen LogP contribution in [-0.4, -0.2) is 48.7 Å². The van der Waals surface area contributed by atoms with Crippen LogP contribution in [0.1, 0.15) is 23.5 Å². The van der Waals surface area contributed by atoms with Crippen LogP contribution in [0.2, 0.25) is 0 Å². The van der Waals surface area contributed by atoms with Crippen molar-refractivity contribution in [1.82, 2.24) is 10.6 Å². The lowest BCUT2D eigenvalue weighted by Gasteiger charge is -2.14. The molecule has 0 aromatic heterocycles. The van der Waals surface area contributed by atoms with Crippen LogP contribution in [0.25, 0.3) is 11.1 Å². The highest BCUT2D eigenvalue weighted by Gasteiger charge is 2.29. The molecule has 3 rings (SSSR count). The Kier molecular flexibility index (Phi) is 7.39. The van der Waals surface area contributed by atoms with Gasteiger partial charge >= 0.3 is 12.1 Å². The molecule has 0 saturated carbocycles. The fourth-order valence-corrected chi connectivity index (χ4v) is 3.48. The Morgan fingerprint density at radius 3 is 2.19 bits per heavy atom. The number of carbonyl (C=O) groups excluding carboxylic acids is 2. The van der Waals surface area contributed by atoms with E-state index < -0.39 is 36.9 Å². The summed E-state index contributed by atoms with van der Waals surface area (Å²) in [5.74, 6) is 1.64. The molecule has 9 heteroatoms. The minimum absolute atomic E-state index is 0.104. The average molecular weight is 442 g/mol. The van der Waals surface area contributed by atoms with Gasteiger partial charge in [0.25, 0.3) is 5.91 Å². The number of carboxylic acid groups (broad SMARTS) is 1. The number of alkyl carbamates (subject to hydrolysis) is 1. The number of benzene rings is 2. The maximum Gasteiger partial charge on any atom is 0.407 e. The standard InChI is InChI=1S/C23H20F2N2O5/c24-20(25)12-19(22(29)30)27-21(28)10-5-11-26-23(31)32-13-18-16-8-3-1-6-14(16)15-7-2-4-9-17(15)18/h1-4,6-9,18-20H,11-13H2,(H,26,31)(H,27,28)(H,29,30). The van der Waals surface area contributed by atoms with E-state index in [9.17, 15) is 23.2 Å². The van der Waals surface area contributed by atoms with Crippen molar-refractivity contribution in [2.75, 3.05) is 13.2 Å². The van der Waals surface area contributed by atoms with Gasteiger partial charge in [0.1, 0.15) is 12.6 Å². The smallest absolute Gasteiger partial charge is 0.407 e. The van der Waals surface area contributed by atoms with Gasteiger partial charge in [-0.3, -0.25) is 4.79 Å². The van der Waals surface area contributed by atoms with Crippen LogP contribution in [-0.2, 0) is 14.3 Å². The van der Waals surface area contributed by atoms with Crippen molar-refractivity contribution in [3.05, 3.63) is 59.7 Å². The Balaban J connectivity index is 1.49. The van der Waals surface area contributed by atoms with E-state index in [-0.39, 0.29) is 19.1 Å². The second-order valence-electron chi connectivity index (χ2n) is 6.97. The predicted molar refractivity (Wildman–Crippen MR) is 111 cm³/mol. The van der Waals surface area contributed by atoms with Gasteiger partial charge < -0.3 is 20.5 Å². The number of hydrogen-bond acceptors (Lipinski definition) is 4. The molecule has 0 aliphatic heterocycles. The number of alkyl halides is 2. The Hall–Kier alpha value is -3.93. The summed E-state index contributed by atoms with van der Waals surface area (Å²) in [7, 11) is 0. The molecule has 2 aromatic carbocycles. The topological polar surface area (TPSA) is 105 Å². The summed E-state index contributed by atoms with van der Waals surface area (Å²) in [6, 6.07) is 14.0. The van der Waals surface area contributed by atoms with Gasteiger partial charge in [-0.1, -0.05) is 54.5 Å². The minimum Gasteiger partial charge on any atom is -0.480 e. The van der Waals surface area contributed by atoms with Crippen LogP contribution in [0.4, 0.5) is 13.6 Å². The van der Waals surface area contributed by atoms with Gasteiger partial charge in [0.15, 0.2) is 0 Å². The monoisotopic (exact) mass is 442 g/mol. The second kappa shape index (κ2) is 10.4. The number of halogens is 2. The summed E-state index contributed by atoms with van der Waals surface area (Å²) < 4.78 is 30.0. The average Bonchev–Trinajstić information content (AvgIpc) is 3.08. The maximum atomic E-state index is 12.3. The van der Waals surface area contributed by atoms with E-state index in [1.807, 2.05) is 59.8 Å². The number of hydrogen-bond donors (Lipinski definition) is 3. The Morgan fingerprint density at radius 2 is 1.62 bits per heavy atom. The lowest BCUT2D eigenvalue weighted by atomic mass is 9.98. The third-order valence-corrected chi connectivity index (χ3v) is 4.88. The maximum absolute atomic E-state index is 12.3. The molecule has 32 heavy (non-hydrogen) atoms. The van der Waals surface area contributed by atoms with Gasteiger partial charge in [0, 0.05) is 12.3 Å². The highest BCUT2D eigenvalue weighted by molar-refractivity contribution is 5.96. The Morgan fingerprint density at radius 1 is 1.03 bits per heavy atom. The van der Waals surface area contributed by atoms with Gasteiger partial charge in [-0.2, -0.15) is 0 Å². The third-order valence-electron chi connectivity index (χ3n) is 4.88. The molecule has 0 bridgehead atoms. The van der Waals surface area contributed by atoms with E-state index in [0.717, 1.165) is 22.3 Å². The molecule has 0 spiro atoms. The first-order valence-corrected chi connectivity index (χ1v) is 9.76. The minimum atomic E-state index is -2.89. The molecule has 1 atom stereocenters. The molecule has 7 nitrogen and oxygen atoms in total. The number of fused-ring (bicyclic) bond motifs is 3. The zero-order valence-electron chi connectivity index (χ0n) is 16.8. The highest BCUT2D eigenvalue weighted by atomic mass is 19.3. The number of nitrogens with one attached hydrogen (secondary N) is 2. The Labute approximate surface area is 182 Å². The molecule has 1 aliphatic rings. The molecule has 2 amide bonds. The van der Waals surface area contributed by atoms with Crippen molar-refractivity contribution in [2.45, 2.75) is 24.8 Å². The number of carboxylic acids is 1. The van der Waals surface area contributed by atoms with Gasteiger partial charge in [-0.15, -0.1) is 0 Å². The summed E-state index contributed by atoms with van der Waals surface area (Å²) in [5.41, 5.74) is 4.32. The van der Waals surface area contributed by atoms with E-state index in [2.05, 4.69) is 11.2 Å². The molecule has 0 saturated heterocycles. The molecule has 0 fully saturated rings. The van der Waals surface area contributed by atoms with E-state index >= 15 is 0 Å². The zero-order chi connectivity index (χ0) is 23.1. The van der Waals surface area contributed by atoms with Crippen LogP contribution < -0.4 is 10.6 Å². The second-order valence-corrected chi connectivity index (χ2v) is 6.97. The van der Waals surface area contributed by atoms with E-state index in [1.165, 1.54) is 0 Å². The lowest BCUT2D eigenvalue weighted by molar-refractivity contribution is -0.142. The third kappa shape index (κ3) is 5.60. The van der Waals surface area contributed by atoms with Crippen LogP contribution >= 0.6 is 0 Å². The zero-order valence-corrected chi connectivity index (χ0v) is 16.8. The molecular formula is C23H20F2N2O5. The number of amides is 2. The van der Waals surface area contributed by atoms with E-state index in [0.29, 0.717) is 0 Å². The van der Waals surface area contributed by atoms with Gasteiger partial charge in [-0.05, 0) is 28.2 Å². The lowest BCUT2D eigenvalue weighted by Crippen LogP contribution is -2.41. The molecule has 3 N–H and O–H groups in total. The number of rotatable bonds is 7. The summed E-state index contributed by atoms with van der Waals surface area (Å²) in [6.07, 6.45) is -4.65. The molecular weight excluding hydrogens is 422 g/mol. The molecule has 0 radical (unpaired) electrons. The first-order valence-electron chi connectivity index (χ1n) is 9.76. The van der Waals surface area contributed by atoms with Gasteiger partial charge in [0.05, 0.1) is 6.54 Å². The quantitative estimate of drug-likeness (QED) is 0.572. The molecule has 166 valence electrons. The van der Waals surface area contributed by atoms with Crippen molar-refractivity contribution < 1.29 is 33.0 Å². The summed E-state index contributed by atoms with van der Waals surface area (Å²) in [4.78, 5) is 34.4. The number of aliphatic carboxylic acids is 1. The van der Waals surface area contributed by atoms with Crippen LogP contribution in [0, 0.1) is 11.8 Å². The molecule has 0 heterocycles. The largest absolute Gasteiger partial charge is 0.480 e. The van der Waals surface area contributed by atoms with Crippen LogP contribution in [0.15, 0.2) is 48.5 Å². The Bertz CT molecular complexity index is 1030. The van der Waals surface area contributed by atoms with Crippen molar-refractivity contribution in [1.29, 1.82) is 0 Å². The summed E-state index contributed by atoms with van der Waals surface area (Å²) >= 11 is 0. The van der Waals surface area contributed by atoms with E-state index in [1.54, 1.807) is 0 Å². The van der Waals surface area contributed by atoms with Crippen molar-refractivity contribution in [2.24, 2.45) is 0 Å². The molecule has 1 aliphatic carbocycles.